The Bertz CT molecular complexity index is 1390. The van der Waals surface area contributed by atoms with E-state index in [0.29, 0.717) is 0 Å². The third kappa shape index (κ3) is 5.51. The summed E-state index contributed by atoms with van der Waals surface area (Å²) in [6.07, 6.45) is -2.37. The predicted octanol–water partition coefficient (Wildman–Crippen LogP) is 6.17. The summed E-state index contributed by atoms with van der Waals surface area (Å²) in [5, 5.41) is 4.34. The lowest BCUT2D eigenvalue weighted by Gasteiger charge is -2.12. The molecule has 0 saturated heterocycles. The number of urea groups is 1. The fourth-order valence-electron chi connectivity index (χ4n) is 2.91. The first-order valence-corrected chi connectivity index (χ1v) is 9.76. The van der Waals surface area contributed by atoms with E-state index in [4.69, 9.17) is 9.15 Å². The molecule has 2 heterocycles. The van der Waals surface area contributed by atoms with Crippen molar-refractivity contribution in [2.45, 2.75) is 13.1 Å². The van der Waals surface area contributed by atoms with Gasteiger partial charge in [-0.1, -0.05) is 6.07 Å². The maximum absolute atomic E-state index is 14.8. The molecule has 0 fully saturated rings. The summed E-state index contributed by atoms with van der Waals surface area (Å²) in [5.41, 5.74) is -1.59. The van der Waals surface area contributed by atoms with Gasteiger partial charge in [0.25, 0.3) is 5.88 Å². The second-order valence-electron chi connectivity index (χ2n) is 6.99. The van der Waals surface area contributed by atoms with E-state index in [-0.39, 0.29) is 34.4 Å². The standard InChI is InChI=1S/C22H14F5N5O3/c1-11-30-17(9-34-11)19-18(24)20(29-10-28-19)35-14-5-6-15(23)16(8-14)32-21(33)31-13-4-2-3-12(7-13)22(25,26)27/h2-10H,1H3,(H2,31,32,33). The molecule has 2 aromatic carbocycles. The van der Waals surface area contributed by atoms with Gasteiger partial charge in [0.15, 0.2) is 5.89 Å². The molecule has 2 N–H and O–H groups in total. The lowest BCUT2D eigenvalue weighted by atomic mass is 10.2. The molecule has 2 amide bonds. The number of hydrogen-bond donors (Lipinski definition) is 2. The van der Waals surface area contributed by atoms with E-state index in [1.54, 1.807) is 6.92 Å². The van der Waals surface area contributed by atoms with Gasteiger partial charge in [0, 0.05) is 18.7 Å². The van der Waals surface area contributed by atoms with Gasteiger partial charge in [-0.05, 0) is 30.3 Å². The monoisotopic (exact) mass is 491 g/mol. The van der Waals surface area contributed by atoms with Gasteiger partial charge in [-0.15, -0.1) is 0 Å². The number of ether oxygens (including phenoxy) is 1. The van der Waals surface area contributed by atoms with E-state index in [2.05, 4.69) is 25.6 Å². The highest BCUT2D eigenvalue weighted by Gasteiger charge is 2.30. The zero-order valence-corrected chi connectivity index (χ0v) is 17.7. The lowest BCUT2D eigenvalue weighted by Crippen LogP contribution is -2.20. The number of oxazole rings is 1. The maximum atomic E-state index is 14.8. The molecule has 8 nitrogen and oxygen atoms in total. The molecule has 0 aliphatic heterocycles. The first kappa shape index (κ1) is 23.6. The molecule has 2 aromatic heterocycles. The normalized spacial score (nSPS) is 11.3. The zero-order valence-electron chi connectivity index (χ0n) is 17.7. The van der Waals surface area contributed by atoms with E-state index < -0.39 is 35.3 Å². The topological polar surface area (TPSA) is 102 Å². The molecular weight excluding hydrogens is 477 g/mol. The van der Waals surface area contributed by atoms with Crippen molar-refractivity contribution in [3.05, 3.63) is 78.1 Å². The molecule has 0 aliphatic carbocycles. The molecule has 0 spiro atoms. The van der Waals surface area contributed by atoms with Crippen molar-refractivity contribution in [1.82, 2.24) is 15.0 Å². The van der Waals surface area contributed by atoms with Crippen molar-refractivity contribution in [3.8, 4) is 23.0 Å². The Kier molecular flexibility index (Phi) is 6.32. The van der Waals surface area contributed by atoms with Gasteiger partial charge in [0.05, 0.1) is 11.3 Å². The van der Waals surface area contributed by atoms with E-state index in [9.17, 15) is 26.7 Å². The van der Waals surface area contributed by atoms with Crippen molar-refractivity contribution in [3.63, 3.8) is 0 Å². The van der Waals surface area contributed by atoms with Gasteiger partial charge in [-0.2, -0.15) is 22.5 Å². The number of rotatable bonds is 5. The van der Waals surface area contributed by atoms with Crippen molar-refractivity contribution in [2.75, 3.05) is 10.6 Å². The van der Waals surface area contributed by atoms with Gasteiger partial charge in [-0.3, -0.25) is 0 Å². The Morgan fingerprint density at radius 1 is 1.06 bits per heavy atom. The number of aromatic nitrogens is 3. The molecule has 180 valence electrons. The average molecular weight is 491 g/mol. The molecule has 35 heavy (non-hydrogen) atoms. The van der Waals surface area contributed by atoms with Crippen LogP contribution in [0.2, 0.25) is 0 Å². The SMILES string of the molecule is Cc1nc(-c2ncnc(Oc3ccc(F)c(NC(=O)Nc4cccc(C(F)(F)F)c4)c3)c2F)co1. The number of anilines is 2. The van der Waals surface area contributed by atoms with Crippen LogP contribution in [-0.2, 0) is 6.18 Å². The second-order valence-corrected chi connectivity index (χ2v) is 6.99. The number of carbonyl (C=O) groups excluding carboxylic acids is 1. The minimum Gasteiger partial charge on any atom is -0.449 e. The third-order valence-electron chi connectivity index (χ3n) is 4.47. The number of amides is 2. The lowest BCUT2D eigenvalue weighted by molar-refractivity contribution is -0.137. The van der Waals surface area contributed by atoms with Crippen molar-refractivity contribution in [2.24, 2.45) is 0 Å². The van der Waals surface area contributed by atoms with Crippen molar-refractivity contribution >= 4 is 17.4 Å². The average Bonchev–Trinajstić information content (AvgIpc) is 3.23. The minimum absolute atomic E-state index is 0.0966. The highest BCUT2D eigenvalue weighted by molar-refractivity contribution is 6.00. The van der Waals surface area contributed by atoms with Gasteiger partial charge in [-0.25, -0.2) is 19.2 Å². The molecule has 0 radical (unpaired) electrons. The quantitative estimate of drug-likeness (QED) is 0.324. The van der Waals surface area contributed by atoms with Gasteiger partial charge < -0.3 is 19.8 Å². The fraction of sp³-hybridized carbons (Fsp3) is 0.0909. The number of carbonyl (C=O) groups is 1. The van der Waals surface area contributed by atoms with Crippen LogP contribution >= 0.6 is 0 Å². The number of aryl methyl sites for hydroxylation is 1. The zero-order chi connectivity index (χ0) is 25.2. The summed E-state index contributed by atoms with van der Waals surface area (Å²) in [6, 6.07) is 6.03. The smallest absolute Gasteiger partial charge is 0.416 e. The van der Waals surface area contributed by atoms with Gasteiger partial charge in [0.2, 0.25) is 5.82 Å². The molecular formula is C22H14F5N5O3. The molecule has 0 saturated carbocycles. The molecule has 0 atom stereocenters. The molecule has 4 aromatic rings. The summed E-state index contributed by atoms with van der Waals surface area (Å²) >= 11 is 0. The Morgan fingerprint density at radius 2 is 1.86 bits per heavy atom. The van der Waals surface area contributed by atoms with Crippen LogP contribution in [0.4, 0.5) is 38.1 Å². The third-order valence-corrected chi connectivity index (χ3v) is 4.47. The van der Waals surface area contributed by atoms with Crippen LogP contribution in [0.1, 0.15) is 11.5 Å². The van der Waals surface area contributed by atoms with Crippen LogP contribution in [0.15, 0.2) is 59.5 Å². The summed E-state index contributed by atoms with van der Waals surface area (Å²) in [6.45, 7) is 1.57. The van der Waals surface area contributed by atoms with E-state index >= 15 is 0 Å². The minimum atomic E-state index is -4.60. The fourth-order valence-corrected chi connectivity index (χ4v) is 2.91. The van der Waals surface area contributed by atoms with Crippen LogP contribution in [0.5, 0.6) is 11.6 Å². The molecule has 0 unspecified atom stereocenters. The van der Waals surface area contributed by atoms with Crippen LogP contribution in [-0.4, -0.2) is 21.0 Å². The van der Waals surface area contributed by atoms with Crippen LogP contribution < -0.4 is 15.4 Å². The number of benzene rings is 2. The number of hydrogen-bond acceptors (Lipinski definition) is 6. The van der Waals surface area contributed by atoms with Crippen LogP contribution in [0, 0.1) is 18.6 Å². The Hall–Kier alpha value is -4.55. The summed E-state index contributed by atoms with van der Waals surface area (Å²) < 4.78 is 78.0. The van der Waals surface area contributed by atoms with Gasteiger partial charge in [0.1, 0.15) is 35.5 Å². The van der Waals surface area contributed by atoms with Crippen molar-refractivity contribution in [1.29, 1.82) is 0 Å². The largest absolute Gasteiger partial charge is 0.449 e. The number of alkyl halides is 3. The predicted molar refractivity (Wildman–Crippen MR) is 113 cm³/mol. The molecule has 13 heteroatoms. The van der Waals surface area contributed by atoms with E-state index in [0.717, 1.165) is 42.7 Å². The van der Waals surface area contributed by atoms with Crippen LogP contribution in [0.3, 0.4) is 0 Å². The second kappa shape index (κ2) is 9.37. The van der Waals surface area contributed by atoms with Crippen LogP contribution in [0.25, 0.3) is 11.4 Å². The molecule has 0 bridgehead atoms. The summed E-state index contributed by atoms with van der Waals surface area (Å²) in [5.74, 6) is -2.14. The Morgan fingerprint density at radius 3 is 2.57 bits per heavy atom. The van der Waals surface area contributed by atoms with E-state index in [1.165, 1.54) is 12.3 Å². The van der Waals surface area contributed by atoms with Crippen molar-refractivity contribution < 1.29 is 35.9 Å². The van der Waals surface area contributed by atoms with E-state index in [1.807, 2.05) is 0 Å². The first-order chi connectivity index (χ1) is 16.6. The molecule has 4 rings (SSSR count). The van der Waals surface area contributed by atoms with Gasteiger partial charge >= 0.3 is 12.2 Å². The number of nitrogens with zero attached hydrogens (tertiary/aromatic N) is 3. The summed E-state index contributed by atoms with van der Waals surface area (Å²) in [4.78, 5) is 23.7. The Labute approximate surface area is 193 Å². The highest BCUT2D eigenvalue weighted by atomic mass is 19.4. The Balaban J connectivity index is 1.50. The highest BCUT2D eigenvalue weighted by Crippen LogP contribution is 2.32. The summed E-state index contributed by atoms with van der Waals surface area (Å²) in [7, 11) is 0. The maximum Gasteiger partial charge on any atom is 0.416 e. The molecule has 0 aliphatic rings. The number of nitrogens with one attached hydrogen (secondary N) is 2. The number of halogens is 5. The first-order valence-electron chi connectivity index (χ1n) is 9.76.